The number of fused-ring (bicyclic) bond motifs is 2. The van der Waals surface area contributed by atoms with Crippen LogP contribution in [0.5, 0.6) is 5.75 Å². The number of ether oxygens (including phenoxy) is 1. The normalized spacial score (nSPS) is 11.1. The van der Waals surface area contributed by atoms with Crippen LogP contribution in [0.15, 0.2) is 71.7 Å². The van der Waals surface area contributed by atoms with E-state index in [9.17, 15) is 9.59 Å². The summed E-state index contributed by atoms with van der Waals surface area (Å²) in [6.07, 6.45) is 1.64. The van der Waals surface area contributed by atoms with Gasteiger partial charge in [-0.3, -0.25) is 19.5 Å². The Hall–Kier alpha value is -4.04. The van der Waals surface area contributed by atoms with Crippen molar-refractivity contribution in [2.24, 2.45) is 0 Å². The smallest absolute Gasteiger partial charge is 0.265 e. The highest BCUT2D eigenvalue weighted by Gasteiger charge is 2.18. The van der Waals surface area contributed by atoms with E-state index in [1.54, 1.807) is 22.9 Å². The van der Waals surface area contributed by atoms with Crippen molar-refractivity contribution in [3.63, 3.8) is 0 Å². The molecule has 0 saturated carbocycles. The van der Waals surface area contributed by atoms with Gasteiger partial charge in [0.05, 0.1) is 23.4 Å². The van der Waals surface area contributed by atoms with E-state index in [-0.39, 0.29) is 5.56 Å². The Bertz CT molecular complexity index is 1570. The summed E-state index contributed by atoms with van der Waals surface area (Å²) in [6.45, 7) is 4.82. The topological polar surface area (TPSA) is 86.1 Å². The molecule has 170 valence electrons. The molecule has 34 heavy (non-hydrogen) atoms. The van der Waals surface area contributed by atoms with Crippen LogP contribution in [-0.2, 0) is 6.54 Å². The van der Waals surface area contributed by atoms with Crippen LogP contribution in [0.2, 0.25) is 0 Å². The molecule has 0 atom stereocenters. The summed E-state index contributed by atoms with van der Waals surface area (Å²) in [5.74, 6) is 0.245. The second kappa shape index (κ2) is 9.07. The second-order valence-corrected chi connectivity index (χ2v) is 8.92. The molecule has 0 unspecified atom stereocenters. The highest BCUT2D eigenvalue weighted by atomic mass is 32.1. The van der Waals surface area contributed by atoms with Gasteiger partial charge >= 0.3 is 0 Å². The Morgan fingerprint density at radius 3 is 2.74 bits per heavy atom. The lowest BCUT2D eigenvalue weighted by Crippen LogP contribution is -2.30. The number of carbonyl (C=O) groups excluding carboxylic acids is 1. The van der Waals surface area contributed by atoms with Gasteiger partial charge in [-0.15, -0.1) is 0 Å². The summed E-state index contributed by atoms with van der Waals surface area (Å²) in [6, 6.07) is 18.7. The zero-order valence-corrected chi connectivity index (χ0v) is 19.6. The molecule has 5 rings (SSSR count). The fourth-order valence-electron chi connectivity index (χ4n) is 3.77. The monoisotopic (exact) mass is 470 g/mol. The van der Waals surface area contributed by atoms with E-state index in [4.69, 9.17) is 4.74 Å². The minimum Gasteiger partial charge on any atom is -0.494 e. The molecule has 2 aromatic carbocycles. The molecular weight excluding hydrogens is 448 g/mol. The van der Waals surface area contributed by atoms with E-state index < -0.39 is 11.5 Å². The van der Waals surface area contributed by atoms with Crippen LogP contribution in [0.25, 0.3) is 21.3 Å². The molecule has 0 spiro atoms. The van der Waals surface area contributed by atoms with Crippen molar-refractivity contribution < 1.29 is 9.53 Å². The van der Waals surface area contributed by atoms with Crippen LogP contribution in [0.3, 0.4) is 0 Å². The van der Waals surface area contributed by atoms with Crippen LogP contribution >= 0.6 is 11.3 Å². The van der Waals surface area contributed by atoms with Gasteiger partial charge < -0.3 is 4.74 Å². The molecule has 8 heteroatoms. The highest BCUT2D eigenvalue weighted by molar-refractivity contribution is 7.22. The second-order valence-electron chi connectivity index (χ2n) is 7.89. The summed E-state index contributed by atoms with van der Waals surface area (Å²) in [7, 11) is 0. The van der Waals surface area contributed by atoms with Gasteiger partial charge in [0.25, 0.3) is 11.5 Å². The molecule has 0 aliphatic carbocycles. The average Bonchev–Trinajstić information content (AvgIpc) is 3.23. The van der Waals surface area contributed by atoms with Gasteiger partial charge in [0, 0.05) is 11.6 Å². The number of rotatable bonds is 6. The number of thiazole rings is 1. The number of pyridine rings is 2. The van der Waals surface area contributed by atoms with Gasteiger partial charge in [-0.25, -0.2) is 9.97 Å². The van der Waals surface area contributed by atoms with Crippen molar-refractivity contribution in [3.05, 3.63) is 93.9 Å². The molecule has 1 N–H and O–H groups in total. The number of aryl methyl sites for hydroxylation is 1. The van der Waals surface area contributed by atoms with Crippen LogP contribution in [-0.4, -0.2) is 27.0 Å². The fraction of sp³-hybridized carbons (Fsp3) is 0.154. The van der Waals surface area contributed by atoms with E-state index in [0.29, 0.717) is 29.3 Å². The number of benzene rings is 2. The first-order chi connectivity index (χ1) is 16.5. The van der Waals surface area contributed by atoms with E-state index in [1.165, 1.54) is 11.3 Å². The maximum absolute atomic E-state index is 13.4. The molecule has 5 aromatic rings. The zero-order valence-electron chi connectivity index (χ0n) is 18.7. The molecule has 0 bridgehead atoms. The highest BCUT2D eigenvalue weighted by Crippen LogP contribution is 2.29. The number of anilines is 1. The lowest BCUT2D eigenvalue weighted by molar-refractivity contribution is 0.102. The number of hydrogen-bond donors (Lipinski definition) is 1. The van der Waals surface area contributed by atoms with E-state index in [2.05, 4.69) is 15.3 Å². The number of aromatic nitrogens is 3. The molecule has 0 fully saturated rings. The van der Waals surface area contributed by atoms with Crippen molar-refractivity contribution in [3.8, 4) is 5.75 Å². The lowest BCUT2D eigenvalue weighted by atomic mass is 10.1. The molecule has 3 heterocycles. The van der Waals surface area contributed by atoms with Gasteiger partial charge in [0.15, 0.2) is 5.13 Å². The van der Waals surface area contributed by atoms with Crippen molar-refractivity contribution in [2.75, 3.05) is 11.9 Å². The summed E-state index contributed by atoms with van der Waals surface area (Å²) < 4.78 is 7.97. The predicted molar refractivity (Wildman–Crippen MR) is 135 cm³/mol. The van der Waals surface area contributed by atoms with Crippen LogP contribution < -0.4 is 15.6 Å². The molecule has 0 aliphatic rings. The molecule has 0 aliphatic heterocycles. The minimum atomic E-state index is -0.502. The maximum atomic E-state index is 13.4. The quantitative estimate of drug-likeness (QED) is 0.377. The van der Waals surface area contributed by atoms with Crippen molar-refractivity contribution in [1.29, 1.82) is 0 Å². The molecule has 3 aromatic heterocycles. The number of carbonyl (C=O) groups is 1. The average molecular weight is 471 g/mol. The van der Waals surface area contributed by atoms with Gasteiger partial charge in [-0.1, -0.05) is 41.2 Å². The number of nitrogens with one attached hydrogen (secondary N) is 1. The number of amides is 1. The van der Waals surface area contributed by atoms with Crippen molar-refractivity contribution in [2.45, 2.75) is 20.4 Å². The van der Waals surface area contributed by atoms with Gasteiger partial charge in [0.1, 0.15) is 17.0 Å². The Balaban J connectivity index is 1.51. The molecular formula is C26H22N4O3S. The third-order valence-corrected chi connectivity index (χ3v) is 6.38. The SMILES string of the molecule is CCOc1ccc2nc(NC(=O)c3cc4cccnc4n(Cc4ccc(C)cc4)c3=O)sc2c1. The minimum absolute atomic E-state index is 0.0434. The summed E-state index contributed by atoms with van der Waals surface area (Å²) in [5.41, 5.74) is 3.02. The predicted octanol–water partition coefficient (Wildman–Crippen LogP) is 5.01. The van der Waals surface area contributed by atoms with Crippen molar-refractivity contribution in [1.82, 2.24) is 14.5 Å². The Labute approximate surface area is 199 Å². The lowest BCUT2D eigenvalue weighted by Gasteiger charge is -2.12. The number of hydrogen-bond acceptors (Lipinski definition) is 6. The Morgan fingerprint density at radius 2 is 1.94 bits per heavy atom. The van der Waals surface area contributed by atoms with Crippen LogP contribution in [0, 0.1) is 6.92 Å². The summed E-state index contributed by atoms with van der Waals surface area (Å²) in [4.78, 5) is 35.5. The van der Waals surface area contributed by atoms with Crippen LogP contribution in [0.1, 0.15) is 28.4 Å². The standard InChI is InChI=1S/C26H22N4O3S/c1-3-33-19-10-11-21-22(14-19)34-26(28-21)29-24(31)20-13-18-5-4-12-27-23(18)30(25(20)32)15-17-8-6-16(2)7-9-17/h4-14H,3,15H2,1-2H3,(H,28,29,31). The molecule has 0 saturated heterocycles. The first-order valence-corrected chi connectivity index (χ1v) is 11.7. The maximum Gasteiger partial charge on any atom is 0.265 e. The van der Waals surface area contributed by atoms with Crippen LogP contribution in [0.4, 0.5) is 5.13 Å². The molecule has 7 nitrogen and oxygen atoms in total. The van der Waals surface area contributed by atoms with Crippen molar-refractivity contribution >= 4 is 43.6 Å². The third-order valence-electron chi connectivity index (χ3n) is 5.45. The Morgan fingerprint density at radius 1 is 1.12 bits per heavy atom. The summed E-state index contributed by atoms with van der Waals surface area (Å²) >= 11 is 1.33. The van der Waals surface area contributed by atoms with E-state index in [0.717, 1.165) is 27.1 Å². The third kappa shape index (κ3) is 4.27. The van der Waals surface area contributed by atoms with E-state index in [1.807, 2.05) is 62.4 Å². The first-order valence-electron chi connectivity index (χ1n) is 10.9. The molecule has 1 amide bonds. The zero-order chi connectivity index (χ0) is 23.7. The Kier molecular flexibility index (Phi) is 5.81. The first kappa shape index (κ1) is 21.8. The molecule has 0 radical (unpaired) electrons. The van der Waals surface area contributed by atoms with E-state index >= 15 is 0 Å². The van der Waals surface area contributed by atoms with Gasteiger partial charge in [-0.2, -0.15) is 0 Å². The largest absolute Gasteiger partial charge is 0.494 e. The number of nitrogens with zero attached hydrogens (tertiary/aromatic N) is 3. The fourth-order valence-corrected chi connectivity index (χ4v) is 4.66. The summed E-state index contributed by atoms with van der Waals surface area (Å²) in [5, 5.41) is 3.93. The van der Waals surface area contributed by atoms with Gasteiger partial charge in [-0.05, 0) is 55.8 Å². The van der Waals surface area contributed by atoms with Gasteiger partial charge in [0.2, 0.25) is 0 Å².